The van der Waals surface area contributed by atoms with Gasteiger partial charge in [-0.15, -0.1) is 0 Å². The second-order valence-electron chi connectivity index (χ2n) is 5.84. The van der Waals surface area contributed by atoms with Gasteiger partial charge >= 0.3 is 0 Å². The predicted molar refractivity (Wildman–Crippen MR) is 82.9 cm³/mol. The van der Waals surface area contributed by atoms with Crippen LogP contribution < -0.4 is 0 Å². The lowest BCUT2D eigenvalue weighted by molar-refractivity contribution is 0.220. The Labute approximate surface area is 121 Å². The summed E-state index contributed by atoms with van der Waals surface area (Å²) in [6.45, 7) is 2.18. The van der Waals surface area contributed by atoms with Crippen LogP contribution in [-0.4, -0.2) is 5.11 Å². The van der Waals surface area contributed by atoms with Crippen molar-refractivity contribution in [1.29, 1.82) is 0 Å². The Bertz CT molecular complexity index is 549. The zero-order valence-electron chi connectivity index (χ0n) is 12.0. The Balaban J connectivity index is 1.74. The van der Waals surface area contributed by atoms with E-state index in [1.807, 2.05) is 12.1 Å². The fourth-order valence-electron chi connectivity index (χ4n) is 2.71. The predicted octanol–water partition coefficient (Wildman–Crippen LogP) is 4.60. The largest absolute Gasteiger partial charge is 0.384 e. The van der Waals surface area contributed by atoms with Gasteiger partial charge in [0.2, 0.25) is 0 Å². The van der Waals surface area contributed by atoms with Crippen molar-refractivity contribution < 1.29 is 5.11 Å². The molecule has 1 N–H and O–H groups in total. The van der Waals surface area contributed by atoms with Gasteiger partial charge in [0.25, 0.3) is 0 Å². The lowest BCUT2D eigenvalue weighted by Crippen LogP contribution is -2.00. The monoisotopic (exact) mass is 266 g/mol. The minimum absolute atomic E-state index is 0.515. The summed E-state index contributed by atoms with van der Waals surface area (Å²) in [6, 6.07) is 16.8. The first kappa shape index (κ1) is 13.4. The molecule has 1 heteroatoms. The van der Waals surface area contributed by atoms with Gasteiger partial charge < -0.3 is 5.11 Å². The molecule has 3 rings (SSSR count). The van der Waals surface area contributed by atoms with E-state index in [-0.39, 0.29) is 0 Å². The number of aryl methyl sites for hydroxylation is 1. The Morgan fingerprint density at radius 2 is 1.50 bits per heavy atom. The van der Waals surface area contributed by atoms with Gasteiger partial charge in [-0.25, -0.2) is 0 Å². The maximum atomic E-state index is 10.5. The number of aliphatic hydroxyl groups excluding tert-OH is 1. The number of hydrogen-bond acceptors (Lipinski definition) is 1. The molecule has 0 heterocycles. The first-order valence-corrected chi connectivity index (χ1v) is 7.64. The van der Waals surface area contributed by atoms with Gasteiger partial charge in [0.05, 0.1) is 0 Å². The van der Waals surface area contributed by atoms with Crippen LogP contribution in [0.3, 0.4) is 0 Å². The summed E-state index contributed by atoms with van der Waals surface area (Å²) in [6.07, 6.45) is 4.39. The lowest BCUT2D eigenvalue weighted by atomic mass is 9.98. The molecule has 0 radical (unpaired) electrons. The van der Waals surface area contributed by atoms with Crippen molar-refractivity contribution in [3.05, 3.63) is 70.8 Å². The maximum Gasteiger partial charge on any atom is 0.104 e. The summed E-state index contributed by atoms with van der Waals surface area (Å²) in [7, 11) is 0. The van der Waals surface area contributed by atoms with Crippen LogP contribution in [0.5, 0.6) is 0 Å². The van der Waals surface area contributed by atoms with Crippen molar-refractivity contribution in [3.63, 3.8) is 0 Å². The van der Waals surface area contributed by atoms with E-state index in [9.17, 15) is 5.11 Å². The van der Waals surface area contributed by atoms with Crippen LogP contribution in [-0.2, 0) is 6.42 Å². The summed E-state index contributed by atoms with van der Waals surface area (Å²) >= 11 is 0. The Morgan fingerprint density at radius 3 is 2.00 bits per heavy atom. The van der Waals surface area contributed by atoms with E-state index in [0.717, 1.165) is 29.9 Å². The fourth-order valence-corrected chi connectivity index (χ4v) is 2.71. The Hall–Kier alpha value is -1.60. The van der Waals surface area contributed by atoms with E-state index in [4.69, 9.17) is 0 Å². The molecule has 104 valence electrons. The van der Waals surface area contributed by atoms with Gasteiger partial charge in [-0.1, -0.05) is 61.9 Å². The molecule has 2 aromatic carbocycles. The van der Waals surface area contributed by atoms with Crippen LogP contribution in [0.4, 0.5) is 0 Å². The molecule has 0 amide bonds. The van der Waals surface area contributed by atoms with Crippen molar-refractivity contribution in [3.8, 4) is 0 Å². The van der Waals surface area contributed by atoms with Crippen LogP contribution in [0.2, 0.25) is 0 Å². The van der Waals surface area contributed by atoms with Crippen LogP contribution in [0.1, 0.15) is 60.5 Å². The normalized spacial score (nSPS) is 16.1. The molecule has 0 saturated heterocycles. The number of hydrogen-bond donors (Lipinski definition) is 1. The highest BCUT2D eigenvalue weighted by atomic mass is 16.3. The molecular weight excluding hydrogens is 244 g/mol. The average Bonchev–Trinajstić information content (AvgIpc) is 3.33. The zero-order valence-corrected chi connectivity index (χ0v) is 12.0. The van der Waals surface area contributed by atoms with E-state index in [1.54, 1.807) is 0 Å². The van der Waals surface area contributed by atoms with Crippen molar-refractivity contribution in [2.75, 3.05) is 0 Å². The van der Waals surface area contributed by atoms with E-state index in [0.29, 0.717) is 0 Å². The lowest BCUT2D eigenvalue weighted by Gasteiger charge is -2.13. The topological polar surface area (TPSA) is 20.2 Å². The fraction of sp³-hybridized carbons (Fsp3) is 0.368. The molecular formula is C19H22O. The summed E-state index contributed by atoms with van der Waals surface area (Å²) in [5.41, 5.74) is 4.72. The second-order valence-corrected chi connectivity index (χ2v) is 5.84. The first-order chi connectivity index (χ1) is 9.78. The quantitative estimate of drug-likeness (QED) is 0.838. The summed E-state index contributed by atoms with van der Waals surface area (Å²) in [4.78, 5) is 0. The zero-order chi connectivity index (χ0) is 13.9. The Morgan fingerprint density at radius 1 is 0.950 bits per heavy atom. The van der Waals surface area contributed by atoms with E-state index in [2.05, 4.69) is 43.3 Å². The summed E-state index contributed by atoms with van der Waals surface area (Å²) in [5.74, 6) is 0.773. The van der Waals surface area contributed by atoms with Crippen LogP contribution in [0, 0.1) is 0 Å². The number of benzene rings is 2. The number of rotatable bonds is 5. The molecule has 1 unspecified atom stereocenters. The SMILES string of the molecule is CCCc1ccc(C(O)c2ccc(C3CC3)cc2)cc1. The smallest absolute Gasteiger partial charge is 0.104 e. The maximum absolute atomic E-state index is 10.5. The van der Waals surface area contributed by atoms with Crippen molar-refractivity contribution in [1.82, 2.24) is 0 Å². The van der Waals surface area contributed by atoms with Crippen molar-refractivity contribution >= 4 is 0 Å². The van der Waals surface area contributed by atoms with E-state index in [1.165, 1.54) is 24.0 Å². The third-order valence-electron chi connectivity index (χ3n) is 4.14. The van der Waals surface area contributed by atoms with E-state index < -0.39 is 6.10 Å². The van der Waals surface area contributed by atoms with Gasteiger partial charge in [0.15, 0.2) is 0 Å². The molecule has 20 heavy (non-hydrogen) atoms. The molecule has 1 saturated carbocycles. The van der Waals surface area contributed by atoms with Gasteiger partial charge in [-0.2, -0.15) is 0 Å². The molecule has 1 atom stereocenters. The molecule has 1 aliphatic carbocycles. The molecule has 0 bridgehead atoms. The van der Waals surface area contributed by atoms with Crippen LogP contribution in [0.15, 0.2) is 48.5 Å². The second kappa shape index (κ2) is 5.80. The minimum Gasteiger partial charge on any atom is -0.384 e. The number of aliphatic hydroxyl groups is 1. The van der Waals surface area contributed by atoms with Gasteiger partial charge in [0, 0.05) is 0 Å². The van der Waals surface area contributed by atoms with Gasteiger partial charge in [-0.3, -0.25) is 0 Å². The molecule has 2 aromatic rings. The van der Waals surface area contributed by atoms with E-state index >= 15 is 0 Å². The van der Waals surface area contributed by atoms with Crippen molar-refractivity contribution in [2.24, 2.45) is 0 Å². The third kappa shape index (κ3) is 2.94. The standard InChI is InChI=1S/C19H22O/c1-2-3-14-4-6-17(7-5-14)19(20)18-12-10-16(11-13-18)15-8-9-15/h4-7,10-13,15,19-20H,2-3,8-9H2,1H3. The molecule has 1 fully saturated rings. The van der Waals surface area contributed by atoms with Crippen molar-refractivity contribution in [2.45, 2.75) is 44.6 Å². The van der Waals surface area contributed by atoms with Crippen LogP contribution >= 0.6 is 0 Å². The highest BCUT2D eigenvalue weighted by Gasteiger charge is 2.23. The average molecular weight is 266 g/mol. The molecule has 0 spiro atoms. The van der Waals surface area contributed by atoms with Crippen LogP contribution in [0.25, 0.3) is 0 Å². The minimum atomic E-state index is -0.515. The summed E-state index contributed by atoms with van der Waals surface area (Å²) in [5, 5.41) is 10.5. The Kier molecular flexibility index (Phi) is 3.88. The summed E-state index contributed by atoms with van der Waals surface area (Å²) < 4.78 is 0. The molecule has 0 aliphatic heterocycles. The molecule has 1 aliphatic rings. The van der Waals surface area contributed by atoms with Gasteiger partial charge in [0.1, 0.15) is 6.10 Å². The first-order valence-electron chi connectivity index (χ1n) is 7.64. The molecule has 0 aromatic heterocycles. The van der Waals surface area contributed by atoms with Gasteiger partial charge in [-0.05, 0) is 47.4 Å². The third-order valence-corrected chi connectivity index (χ3v) is 4.14. The highest BCUT2D eigenvalue weighted by molar-refractivity contribution is 5.35. The molecule has 1 nitrogen and oxygen atoms in total. The highest BCUT2D eigenvalue weighted by Crippen LogP contribution is 2.40.